The normalized spacial score (nSPS) is 8.83. The van der Waals surface area contributed by atoms with E-state index in [1.807, 2.05) is 0 Å². The van der Waals surface area contributed by atoms with E-state index in [0.717, 1.165) is 18.3 Å². The van der Waals surface area contributed by atoms with Crippen molar-refractivity contribution >= 4 is 23.0 Å². The largest absolute Gasteiger partial charge is 0.506 e. The summed E-state index contributed by atoms with van der Waals surface area (Å²) in [5, 5.41) is 39.3. The van der Waals surface area contributed by atoms with E-state index in [1.165, 1.54) is 0 Å². The number of halogens is 1. The van der Waals surface area contributed by atoms with E-state index in [-0.39, 0.29) is 16.3 Å². The predicted octanol–water partition coefficient (Wildman–Crippen LogP) is 2.30. The Morgan fingerprint density at radius 3 is 2.61 bits per heavy atom. The molecule has 7 nitrogen and oxygen atoms in total. The van der Waals surface area contributed by atoms with Crippen molar-refractivity contribution in [1.82, 2.24) is 0 Å². The second-order valence-electron chi connectivity index (χ2n) is 3.00. The highest BCUT2D eigenvalue weighted by Gasteiger charge is 2.16. The van der Waals surface area contributed by atoms with Crippen molar-refractivity contribution in [2.24, 2.45) is 0 Å². The van der Waals surface area contributed by atoms with Crippen LogP contribution in [-0.2, 0) is 0 Å². The number of anilines is 1. The average molecular weight is 265 g/mol. The van der Waals surface area contributed by atoms with Crippen molar-refractivity contribution in [3.63, 3.8) is 0 Å². The third-order valence-electron chi connectivity index (χ3n) is 1.87. The van der Waals surface area contributed by atoms with Gasteiger partial charge in [0.2, 0.25) is 0 Å². The van der Waals surface area contributed by atoms with Gasteiger partial charge < -0.3 is 10.4 Å². The van der Waals surface area contributed by atoms with Crippen LogP contribution in [0.1, 0.15) is 0 Å². The lowest BCUT2D eigenvalue weighted by Gasteiger charge is -2.05. The zero-order chi connectivity index (χ0) is 13.7. The standard InChI is InChI=1S/C10H5ClN4O3/c11-7-1-8(14-5-6(3-12)4-13)10(16)2-9(7)15(17)18/h1-2,5,14,16H. The van der Waals surface area contributed by atoms with Gasteiger partial charge in [-0.25, -0.2) is 0 Å². The van der Waals surface area contributed by atoms with E-state index in [1.54, 1.807) is 12.1 Å². The van der Waals surface area contributed by atoms with Crippen LogP contribution in [0, 0.1) is 32.8 Å². The molecule has 1 aromatic carbocycles. The van der Waals surface area contributed by atoms with Crippen molar-refractivity contribution in [1.29, 1.82) is 10.5 Å². The number of nitro groups is 1. The lowest BCUT2D eigenvalue weighted by Crippen LogP contribution is -1.94. The topological polar surface area (TPSA) is 123 Å². The Balaban J connectivity index is 3.11. The Labute approximate surface area is 106 Å². The van der Waals surface area contributed by atoms with Gasteiger partial charge >= 0.3 is 0 Å². The quantitative estimate of drug-likeness (QED) is 0.374. The van der Waals surface area contributed by atoms with E-state index in [9.17, 15) is 15.2 Å². The summed E-state index contributed by atoms with van der Waals surface area (Å²) in [4.78, 5) is 9.80. The molecule has 0 heterocycles. The molecule has 0 radical (unpaired) electrons. The number of benzene rings is 1. The summed E-state index contributed by atoms with van der Waals surface area (Å²) in [6.45, 7) is 0. The highest BCUT2D eigenvalue weighted by Crippen LogP contribution is 2.34. The van der Waals surface area contributed by atoms with Crippen molar-refractivity contribution in [2.75, 3.05) is 5.32 Å². The number of nitro benzene ring substituents is 1. The van der Waals surface area contributed by atoms with Crippen LogP contribution in [0.3, 0.4) is 0 Å². The lowest BCUT2D eigenvalue weighted by atomic mass is 10.2. The molecule has 0 aliphatic heterocycles. The Bertz CT molecular complexity index is 597. The zero-order valence-electron chi connectivity index (χ0n) is 8.72. The van der Waals surface area contributed by atoms with Crippen molar-refractivity contribution in [2.45, 2.75) is 0 Å². The van der Waals surface area contributed by atoms with Crippen LogP contribution in [0.2, 0.25) is 5.02 Å². The summed E-state index contributed by atoms with van der Waals surface area (Å²) < 4.78 is 0. The van der Waals surface area contributed by atoms with Gasteiger partial charge in [0.05, 0.1) is 16.7 Å². The number of nitriles is 2. The summed E-state index contributed by atoms with van der Waals surface area (Å²) in [5.41, 5.74) is -0.609. The number of phenolic OH excluding ortho intramolecular Hbond substituents is 1. The molecule has 1 rings (SSSR count). The average Bonchev–Trinajstić information content (AvgIpc) is 2.33. The molecule has 8 heteroatoms. The SMILES string of the molecule is N#CC(C#N)=CNc1cc(Cl)c([N+](=O)[O-])cc1O. The number of allylic oxidation sites excluding steroid dienone is 1. The van der Waals surface area contributed by atoms with Crippen LogP contribution >= 0.6 is 11.6 Å². The van der Waals surface area contributed by atoms with Crippen molar-refractivity contribution in [3.05, 3.63) is 39.0 Å². The molecule has 0 amide bonds. The first kappa shape index (κ1) is 13.3. The molecule has 1 aromatic rings. The lowest BCUT2D eigenvalue weighted by molar-refractivity contribution is -0.384. The summed E-state index contributed by atoms with van der Waals surface area (Å²) in [5.74, 6) is -0.419. The van der Waals surface area contributed by atoms with Gasteiger partial charge in [0, 0.05) is 6.20 Å². The molecule has 0 atom stereocenters. The minimum absolute atomic E-state index is 0.0496. The summed E-state index contributed by atoms with van der Waals surface area (Å²) in [6, 6.07) is 5.20. The second-order valence-corrected chi connectivity index (χ2v) is 3.41. The maximum atomic E-state index is 10.5. The predicted molar refractivity (Wildman–Crippen MR) is 62.7 cm³/mol. The number of nitrogens with one attached hydrogen (secondary N) is 1. The number of hydrogen-bond donors (Lipinski definition) is 2. The highest BCUT2D eigenvalue weighted by molar-refractivity contribution is 6.33. The minimum Gasteiger partial charge on any atom is -0.506 e. The maximum Gasteiger partial charge on any atom is 0.291 e. The van der Waals surface area contributed by atoms with Gasteiger partial charge in [0.15, 0.2) is 0 Å². The summed E-state index contributed by atoms with van der Waals surface area (Å²) in [7, 11) is 0. The fraction of sp³-hybridized carbons (Fsp3) is 0. The Morgan fingerprint density at radius 2 is 2.11 bits per heavy atom. The third-order valence-corrected chi connectivity index (χ3v) is 2.18. The molecule has 0 saturated heterocycles. The second kappa shape index (κ2) is 5.53. The van der Waals surface area contributed by atoms with E-state index in [0.29, 0.717) is 0 Å². The number of phenols is 1. The summed E-state index contributed by atoms with van der Waals surface area (Å²) in [6.07, 6.45) is 1.05. The Morgan fingerprint density at radius 1 is 1.50 bits per heavy atom. The van der Waals surface area contributed by atoms with Gasteiger partial charge in [-0.15, -0.1) is 0 Å². The van der Waals surface area contributed by atoms with E-state index in [2.05, 4.69) is 5.32 Å². The molecule has 2 N–H and O–H groups in total. The number of aromatic hydroxyl groups is 1. The van der Waals surface area contributed by atoms with Crippen LogP contribution in [0.4, 0.5) is 11.4 Å². The first-order chi connectivity index (χ1) is 8.49. The Hall–Kier alpha value is -2.77. The van der Waals surface area contributed by atoms with Crippen LogP contribution in [0.5, 0.6) is 5.75 Å². The van der Waals surface area contributed by atoms with E-state index in [4.69, 9.17) is 22.1 Å². The highest BCUT2D eigenvalue weighted by atomic mass is 35.5. The van der Waals surface area contributed by atoms with E-state index < -0.39 is 16.4 Å². The Kier molecular flexibility index (Phi) is 4.08. The molecular formula is C10H5ClN4O3. The first-order valence-corrected chi connectivity index (χ1v) is 4.81. The van der Waals surface area contributed by atoms with Crippen LogP contribution in [0.25, 0.3) is 0 Å². The van der Waals surface area contributed by atoms with Crippen LogP contribution in [-0.4, -0.2) is 10.0 Å². The number of nitrogens with zero attached hydrogens (tertiary/aromatic N) is 3. The van der Waals surface area contributed by atoms with Crippen LogP contribution < -0.4 is 5.32 Å². The van der Waals surface area contributed by atoms with Gasteiger partial charge in [0.1, 0.15) is 28.5 Å². The van der Waals surface area contributed by atoms with Gasteiger partial charge in [0.25, 0.3) is 5.69 Å². The monoisotopic (exact) mass is 264 g/mol. The van der Waals surface area contributed by atoms with Gasteiger partial charge in [-0.1, -0.05) is 11.6 Å². The van der Waals surface area contributed by atoms with Crippen molar-refractivity contribution in [3.8, 4) is 17.9 Å². The first-order valence-electron chi connectivity index (χ1n) is 4.43. The molecule has 0 unspecified atom stereocenters. The number of rotatable bonds is 3. The molecule has 0 spiro atoms. The number of hydrogen-bond acceptors (Lipinski definition) is 6. The minimum atomic E-state index is -0.738. The molecule has 0 aliphatic rings. The third kappa shape index (κ3) is 2.88. The summed E-state index contributed by atoms with van der Waals surface area (Å²) >= 11 is 5.64. The fourth-order valence-electron chi connectivity index (χ4n) is 1.05. The van der Waals surface area contributed by atoms with Gasteiger partial charge in [-0.05, 0) is 6.07 Å². The molecule has 0 aliphatic carbocycles. The molecular weight excluding hydrogens is 260 g/mol. The smallest absolute Gasteiger partial charge is 0.291 e. The molecule has 0 fully saturated rings. The maximum absolute atomic E-state index is 10.5. The molecule has 0 saturated carbocycles. The molecule has 90 valence electrons. The van der Waals surface area contributed by atoms with Crippen molar-refractivity contribution < 1.29 is 10.0 Å². The van der Waals surface area contributed by atoms with E-state index >= 15 is 0 Å². The zero-order valence-corrected chi connectivity index (χ0v) is 9.47. The fourth-order valence-corrected chi connectivity index (χ4v) is 1.28. The molecule has 0 bridgehead atoms. The van der Waals surface area contributed by atoms with Crippen LogP contribution in [0.15, 0.2) is 23.9 Å². The van der Waals surface area contributed by atoms with Gasteiger partial charge in [-0.3, -0.25) is 10.1 Å². The van der Waals surface area contributed by atoms with Gasteiger partial charge in [-0.2, -0.15) is 10.5 Å². The molecule has 18 heavy (non-hydrogen) atoms. The molecule has 0 aromatic heterocycles.